The molecule has 7 heteroatoms. The average molecular weight is 409 g/mol. The van der Waals surface area contributed by atoms with E-state index >= 15 is 0 Å². The summed E-state index contributed by atoms with van der Waals surface area (Å²) in [4.78, 5) is 17.0. The minimum Gasteiger partial charge on any atom is -0.369 e. The standard InChI is InChI=1S/C20H25ClN4O.ClH/c1-14-4-6-16(12-18(14)21)22-20(26)23-17-7-5-15(2)19(13-17)25-10-8-24(3)9-11-25;/h4-7,12-13H,8-11H2,1-3H3,(H2,22,23,26);1H. The van der Waals surface area contributed by atoms with Crippen molar-refractivity contribution < 1.29 is 4.79 Å². The number of nitrogens with one attached hydrogen (secondary N) is 2. The molecule has 2 N–H and O–H groups in total. The molecule has 0 saturated carbocycles. The highest BCUT2D eigenvalue weighted by Crippen LogP contribution is 2.26. The third-order valence-corrected chi connectivity index (χ3v) is 5.15. The molecule has 0 unspecified atom stereocenters. The van der Waals surface area contributed by atoms with E-state index in [0.29, 0.717) is 10.7 Å². The molecule has 3 rings (SSSR count). The number of urea groups is 1. The highest BCUT2D eigenvalue weighted by molar-refractivity contribution is 6.31. The molecule has 0 radical (unpaired) electrons. The molecule has 1 saturated heterocycles. The largest absolute Gasteiger partial charge is 0.369 e. The first-order valence-electron chi connectivity index (χ1n) is 8.80. The van der Waals surface area contributed by atoms with Crippen LogP contribution in [0.15, 0.2) is 36.4 Å². The van der Waals surface area contributed by atoms with Crippen molar-refractivity contribution in [2.45, 2.75) is 13.8 Å². The first-order valence-corrected chi connectivity index (χ1v) is 9.18. The summed E-state index contributed by atoms with van der Waals surface area (Å²) in [5.41, 5.74) is 4.82. The quantitative estimate of drug-likeness (QED) is 0.768. The molecule has 0 atom stereocenters. The maximum absolute atomic E-state index is 12.3. The van der Waals surface area contributed by atoms with E-state index in [1.807, 2.05) is 37.3 Å². The summed E-state index contributed by atoms with van der Waals surface area (Å²) < 4.78 is 0. The Morgan fingerprint density at radius 2 is 1.48 bits per heavy atom. The Bertz CT molecular complexity index is 805. The van der Waals surface area contributed by atoms with Crippen LogP contribution in [0.25, 0.3) is 0 Å². The fourth-order valence-corrected chi connectivity index (χ4v) is 3.22. The zero-order valence-electron chi connectivity index (χ0n) is 15.9. The van der Waals surface area contributed by atoms with Crippen molar-refractivity contribution in [1.29, 1.82) is 0 Å². The number of rotatable bonds is 3. The number of nitrogens with zero attached hydrogens (tertiary/aromatic N) is 2. The molecule has 146 valence electrons. The maximum atomic E-state index is 12.3. The highest BCUT2D eigenvalue weighted by atomic mass is 35.5. The van der Waals surface area contributed by atoms with E-state index in [1.54, 1.807) is 6.07 Å². The van der Waals surface area contributed by atoms with Crippen molar-refractivity contribution in [3.05, 3.63) is 52.5 Å². The molecule has 2 amide bonds. The number of likely N-dealkylation sites (N-methyl/N-ethyl adjacent to an activating group) is 1. The molecule has 5 nitrogen and oxygen atoms in total. The van der Waals surface area contributed by atoms with E-state index in [0.717, 1.165) is 37.4 Å². The second-order valence-corrected chi connectivity index (χ2v) is 7.24. The van der Waals surface area contributed by atoms with Crippen LogP contribution < -0.4 is 15.5 Å². The van der Waals surface area contributed by atoms with Gasteiger partial charge in [0.2, 0.25) is 0 Å². The van der Waals surface area contributed by atoms with Crippen molar-refractivity contribution in [3.8, 4) is 0 Å². The van der Waals surface area contributed by atoms with Gasteiger partial charge in [0.25, 0.3) is 0 Å². The van der Waals surface area contributed by atoms with E-state index in [1.165, 1.54) is 11.3 Å². The number of hydrogen-bond donors (Lipinski definition) is 2. The summed E-state index contributed by atoms with van der Waals surface area (Å²) in [5.74, 6) is 0. The highest BCUT2D eigenvalue weighted by Gasteiger charge is 2.16. The molecule has 1 aliphatic heterocycles. The van der Waals surface area contributed by atoms with Crippen LogP contribution in [0, 0.1) is 13.8 Å². The molecule has 2 aromatic rings. The van der Waals surface area contributed by atoms with E-state index in [4.69, 9.17) is 11.6 Å². The van der Waals surface area contributed by atoms with Gasteiger partial charge >= 0.3 is 6.03 Å². The van der Waals surface area contributed by atoms with E-state index in [2.05, 4.69) is 34.4 Å². The third kappa shape index (κ3) is 5.51. The molecule has 2 aromatic carbocycles. The number of amides is 2. The number of benzene rings is 2. The Balaban J connectivity index is 0.00000261. The lowest BCUT2D eigenvalue weighted by atomic mass is 10.1. The zero-order valence-corrected chi connectivity index (χ0v) is 17.5. The van der Waals surface area contributed by atoms with Crippen molar-refractivity contribution in [1.82, 2.24) is 4.90 Å². The normalized spacial score (nSPS) is 14.4. The van der Waals surface area contributed by atoms with Gasteiger partial charge in [-0.2, -0.15) is 0 Å². The lowest BCUT2D eigenvalue weighted by Crippen LogP contribution is -2.44. The number of hydrogen-bond acceptors (Lipinski definition) is 3. The SMILES string of the molecule is Cc1ccc(NC(=O)Nc2ccc(C)c(N3CCN(C)CC3)c2)cc1Cl.Cl. The molecular formula is C20H26Cl2N4O. The predicted molar refractivity (Wildman–Crippen MR) is 117 cm³/mol. The van der Waals surface area contributed by atoms with Gasteiger partial charge in [0, 0.05) is 48.3 Å². The van der Waals surface area contributed by atoms with Crippen molar-refractivity contribution in [2.75, 3.05) is 48.8 Å². The van der Waals surface area contributed by atoms with Crippen molar-refractivity contribution >= 4 is 47.1 Å². The number of halogens is 2. The second-order valence-electron chi connectivity index (χ2n) is 6.83. The topological polar surface area (TPSA) is 47.6 Å². The minimum atomic E-state index is -0.280. The number of aryl methyl sites for hydroxylation is 2. The van der Waals surface area contributed by atoms with Gasteiger partial charge in [0.05, 0.1) is 0 Å². The summed E-state index contributed by atoms with van der Waals surface area (Å²) in [6.45, 7) is 8.12. The smallest absolute Gasteiger partial charge is 0.323 e. The lowest BCUT2D eigenvalue weighted by molar-refractivity contribution is 0.262. The average Bonchev–Trinajstić information content (AvgIpc) is 2.61. The molecule has 27 heavy (non-hydrogen) atoms. The molecule has 1 fully saturated rings. The first-order chi connectivity index (χ1) is 12.4. The van der Waals surface area contributed by atoms with Gasteiger partial charge in [-0.1, -0.05) is 23.7 Å². The van der Waals surface area contributed by atoms with Crippen LogP contribution in [0.3, 0.4) is 0 Å². The molecule has 0 aromatic heterocycles. The monoisotopic (exact) mass is 408 g/mol. The summed E-state index contributed by atoms with van der Waals surface area (Å²) in [7, 11) is 2.14. The lowest BCUT2D eigenvalue weighted by Gasteiger charge is -2.35. The van der Waals surface area contributed by atoms with E-state index in [9.17, 15) is 4.79 Å². The van der Waals surface area contributed by atoms with Gasteiger partial charge in [0.15, 0.2) is 0 Å². The Kier molecular flexibility index (Phi) is 7.36. The van der Waals surface area contributed by atoms with Crippen LogP contribution in [-0.4, -0.2) is 44.2 Å². The van der Waals surface area contributed by atoms with Gasteiger partial charge in [-0.25, -0.2) is 4.79 Å². The molecule has 0 bridgehead atoms. The molecule has 0 aliphatic carbocycles. The summed E-state index contributed by atoms with van der Waals surface area (Å²) in [6, 6.07) is 11.2. The van der Waals surface area contributed by atoms with Crippen LogP contribution in [0.5, 0.6) is 0 Å². The summed E-state index contributed by atoms with van der Waals surface area (Å²) in [5, 5.41) is 6.37. The van der Waals surface area contributed by atoms with Crippen LogP contribution in [0.1, 0.15) is 11.1 Å². The third-order valence-electron chi connectivity index (χ3n) is 4.74. The van der Waals surface area contributed by atoms with Gasteiger partial charge in [0.1, 0.15) is 0 Å². The van der Waals surface area contributed by atoms with Gasteiger partial charge in [-0.15, -0.1) is 12.4 Å². The van der Waals surface area contributed by atoms with E-state index in [-0.39, 0.29) is 18.4 Å². The van der Waals surface area contributed by atoms with Crippen LogP contribution in [0.2, 0.25) is 5.02 Å². The van der Waals surface area contributed by atoms with Gasteiger partial charge in [-0.3, -0.25) is 0 Å². The molecule has 1 heterocycles. The Hall–Kier alpha value is -1.95. The fraction of sp³-hybridized carbons (Fsp3) is 0.350. The van der Waals surface area contributed by atoms with Crippen LogP contribution >= 0.6 is 24.0 Å². The Morgan fingerprint density at radius 1 is 0.926 bits per heavy atom. The number of carbonyl (C=O) groups is 1. The zero-order chi connectivity index (χ0) is 18.7. The van der Waals surface area contributed by atoms with E-state index < -0.39 is 0 Å². The van der Waals surface area contributed by atoms with Crippen molar-refractivity contribution in [3.63, 3.8) is 0 Å². The maximum Gasteiger partial charge on any atom is 0.323 e. The predicted octanol–water partition coefficient (Wildman–Crippen LogP) is 4.77. The summed E-state index contributed by atoms with van der Waals surface area (Å²) in [6.07, 6.45) is 0. The van der Waals surface area contributed by atoms with Gasteiger partial charge in [-0.05, 0) is 56.3 Å². The Morgan fingerprint density at radius 3 is 2.07 bits per heavy atom. The number of carbonyl (C=O) groups excluding carboxylic acids is 1. The number of piperazine rings is 1. The second kappa shape index (κ2) is 9.31. The summed E-state index contributed by atoms with van der Waals surface area (Å²) >= 11 is 6.11. The molecule has 0 spiro atoms. The van der Waals surface area contributed by atoms with Crippen molar-refractivity contribution in [2.24, 2.45) is 0 Å². The van der Waals surface area contributed by atoms with Gasteiger partial charge < -0.3 is 20.4 Å². The fourth-order valence-electron chi connectivity index (χ4n) is 3.04. The number of anilines is 3. The molecular weight excluding hydrogens is 383 g/mol. The Labute approximate surface area is 172 Å². The first kappa shape index (κ1) is 21.4. The van der Waals surface area contributed by atoms with Crippen LogP contribution in [0.4, 0.5) is 21.9 Å². The van der Waals surface area contributed by atoms with Crippen LogP contribution in [-0.2, 0) is 0 Å². The minimum absolute atomic E-state index is 0. The molecule has 1 aliphatic rings.